The van der Waals surface area contributed by atoms with Gasteiger partial charge in [-0.2, -0.15) is 0 Å². The van der Waals surface area contributed by atoms with Crippen LogP contribution in [0.3, 0.4) is 0 Å². The highest BCUT2D eigenvalue weighted by atomic mass is 14.9. The maximum absolute atomic E-state index is 3.52. The maximum Gasteiger partial charge on any atom is 0.0384 e. The summed E-state index contributed by atoms with van der Waals surface area (Å²) in [6.45, 7) is 0. The first-order valence-electron chi connectivity index (χ1n) is 11.7. The van der Waals surface area contributed by atoms with Gasteiger partial charge in [-0.15, -0.1) is 0 Å². The lowest BCUT2D eigenvalue weighted by atomic mass is 9.74. The number of para-hydroxylation sites is 2. The van der Waals surface area contributed by atoms with Gasteiger partial charge in [0.2, 0.25) is 0 Å². The van der Waals surface area contributed by atoms with Crippen molar-refractivity contribution in [2.75, 3.05) is 10.6 Å². The van der Waals surface area contributed by atoms with Gasteiger partial charge in [-0.05, 0) is 60.0 Å². The number of anilines is 3. The quantitative estimate of drug-likeness (QED) is 0.302. The molecule has 2 N–H and O–H groups in total. The number of rotatable bonds is 7. The second-order valence-corrected chi connectivity index (χ2v) is 8.54. The molecule has 0 saturated carbocycles. The molecule has 0 saturated heterocycles. The topological polar surface area (TPSA) is 24.1 Å². The molecule has 0 heterocycles. The number of hydrogen-bond acceptors (Lipinski definition) is 2. The fourth-order valence-electron chi connectivity index (χ4n) is 4.23. The third kappa shape index (κ3) is 5.19. The Kier molecular flexibility index (Phi) is 6.40. The van der Waals surface area contributed by atoms with E-state index in [-0.39, 0.29) is 5.41 Å². The van der Waals surface area contributed by atoms with Crippen molar-refractivity contribution in [2.24, 2.45) is 0 Å². The molecule has 1 aliphatic rings. The maximum atomic E-state index is 3.52. The Labute approximate surface area is 202 Å². The average Bonchev–Trinajstić information content (AvgIpc) is 2.91. The molecule has 0 radical (unpaired) electrons. The van der Waals surface area contributed by atoms with E-state index < -0.39 is 0 Å². The summed E-state index contributed by atoms with van der Waals surface area (Å²) in [6.07, 6.45) is 12.2. The van der Waals surface area contributed by atoms with Crippen LogP contribution in [0.25, 0.3) is 6.08 Å². The summed E-state index contributed by atoms with van der Waals surface area (Å²) in [7, 11) is 0. The Bertz CT molecular complexity index is 1290. The van der Waals surface area contributed by atoms with Crippen LogP contribution in [0.4, 0.5) is 17.1 Å². The Morgan fingerprint density at radius 3 is 1.74 bits per heavy atom. The lowest BCUT2D eigenvalue weighted by molar-refractivity contribution is 0.674. The standard InChI is InChI=1S/C32H28N2/c1-4-10-26(11-5-1)20-23-32(24-21-31(22-25-32)34-29-14-8-3-9-15-29)27-16-18-30(19-17-27)33-28-12-6-2-7-13-28/h1-24,33-34H,25H2. The molecule has 5 rings (SSSR count). The Morgan fingerprint density at radius 2 is 1.15 bits per heavy atom. The van der Waals surface area contributed by atoms with Crippen LogP contribution in [0.15, 0.2) is 145 Å². The van der Waals surface area contributed by atoms with Crippen LogP contribution in [-0.4, -0.2) is 0 Å². The second kappa shape index (κ2) is 10.1. The number of allylic oxidation sites excluding steroid dienone is 4. The lowest BCUT2D eigenvalue weighted by Crippen LogP contribution is -2.23. The van der Waals surface area contributed by atoms with Gasteiger partial charge in [-0.25, -0.2) is 0 Å². The molecule has 4 aromatic carbocycles. The molecule has 2 heteroatoms. The van der Waals surface area contributed by atoms with Gasteiger partial charge in [0.25, 0.3) is 0 Å². The van der Waals surface area contributed by atoms with Gasteiger partial charge in [0.15, 0.2) is 0 Å². The van der Waals surface area contributed by atoms with Crippen LogP contribution >= 0.6 is 0 Å². The molecule has 34 heavy (non-hydrogen) atoms. The van der Waals surface area contributed by atoms with Gasteiger partial charge in [-0.1, -0.05) is 103 Å². The molecule has 166 valence electrons. The summed E-state index contributed by atoms with van der Waals surface area (Å²) in [5, 5.41) is 7.00. The summed E-state index contributed by atoms with van der Waals surface area (Å²) < 4.78 is 0. The first-order valence-corrected chi connectivity index (χ1v) is 11.7. The molecule has 1 aliphatic carbocycles. The van der Waals surface area contributed by atoms with Gasteiger partial charge in [-0.3, -0.25) is 0 Å². The largest absolute Gasteiger partial charge is 0.356 e. The zero-order valence-corrected chi connectivity index (χ0v) is 19.1. The van der Waals surface area contributed by atoms with Crippen LogP contribution in [-0.2, 0) is 5.41 Å². The van der Waals surface area contributed by atoms with E-state index in [2.05, 4.69) is 120 Å². The summed E-state index contributed by atoms with van der Waals surface area (Å²) in [5.74, 6) is 0. The van der Waals surface area contributed by atoms with Crippen molar-refractivity contribution in [2.45, 2.75) is 11.8 Å². The fraction of sp³-hybridized carbons (Fsp3) is 0.0625. The zero-order chi connectivity index (χ0) is 23.1. The number of benzene rings is 4. The second-order valence-electron chi connectivity index (χ2n) is 8.54. The van der Waals surface area contributed by atoms with Gasteiger partial charge in [0, 0.05) is 28.2 Å². The first-order chi connectivity index (χ1) is 16.8. The van der Waals surface area contributed by atoms with E-state index in [0.29, 0.717) is 0 Å². The van der Waals surface area contributed by atoms with E-state index in [4.69, 9.17) is 0 Å². The number of hydrogen-bond donors (Lipinski definition) is 2. The van der Waals surface area contributed by atoms with E-state index in [1.807, 2.05) is 36.4 Å². The summed E-state index contributed by atoms with van der Waals surface area (Å²) >= 11 is 0. The summed E-state index contributed by atoms with van der Waals surface area (Å²) in [4.78, 5) is 0. The van der Waals surface area contributed by atoms with Crippen LogP contribution in [0.5, 0.6) is 0 Å². The SMILES string of the molecule is C1=CC(C=Cc2ccccc2)(c2ccc(Nc3ccccc3)cc2)CC=C1Nc1ccccc1. The molecular weight excluding hydrogens is 412 g/mol. The third-order valence-electron chi connectivity index (χ3n) is 6.14. The minimum absolute atomic E-state index is 0.205. The lowest BCUT2D eigenvalue weighted by Gasteiger charge is -2.30. The van der Waals surface area contributed by atoms with Crippen LogP contribution in [0.1, 0.15) is 17.5 Å². The van der Waals surface area contributed by atoms with Crippen molar-refractivity contribution in [3.8, 4) is 0 Å². The van der Waals surface area contributed by atoms with Crippen LogP contribution in [0.2, 0.25) is 0 Å². The van der Waals surface area contributed by atoms with E-state index in [0.717, 1.165) is 29.2 Å². The minimum Gasteiger partial charge on any atom is -0.356 e. The van der Waals surface area contributed by atoms with E-state index in [9.17, 15) is 0 Å². The fourth-order valence-corrected chi connectivity index (χ4v) is 4.23. The van der Waals surface area contributed by atoms with Crippen molar-refractivity contribution in [1.82, 2.24) is 0 Å². The van der Waals surface area contributed by atoms with Gasteiger partial charge in [0.05, 0.1) is 0 Å². The zero-order valence-electron chi connectivity index (χ0n) is 19.1. The van der Waals surface area contributed by atoms with Crippen molar-refractivity contribution in [3.63, 3.8) is 0 Å². The average molecular weight is 441 g/mol. The Morgan fingerprint density at radius 1 is 0.588 bits per heavy atom. The molecule has 0 bridgehead atoms. The molecule has 2 nitrogen and oxygen atoms in total. The van der Waals surface area contributed by atoms with Crippen molar-refractivity contribution in [1.29, 1.82) is 0 Å². The van der Waals surface area contributed by atoms with Crippen LogP contribution in [0, 0.1) is 0 Å². The first kappa shape index (κ1) is 21.5. The monoisotopic (exact) mass is 440 g/mol. The summed E-state index contributed by atoms with van der Waals surface area (Å²) in [6, 6.07) is 39.9. The molecular formula is C32H28N2. The third-order valence-corrected chi connectivity index (χ3v) is 6.14. The normalized spacial score (nSPS) is 17.4. The molecule has 1 atom stereocenters. The number of nitrogens with one attached hydrogen (secondary N) is 2. The van der Waals surface area contributed by atoms with Crippen molar-refractivity contribution in [3.05, 3.63) is 156 Å². The smallest absolute Gasteiger partial charge is 0.0384 e. The highest BCUT2D eigenvalue weighted by Crippen LogP contribution is 2.37. The molecule has 0 aromatic heterocycles. The highest BCUT2D eigenvalue weighted by Gasteiger charge is 2.28. The molecule has 0 amide bonds. The molecule has 0 fully saturated rings. The van der Waals surface area contributed by atoms with Gasteiger partial charge >= 0.3 is 0 Å². The Balaban J connectivity index is 1.41. The Hall–Kier alpha value is -4.30. The molecule has 0 aliphatic heterocycles. The predicted molar refractivity (Wildman–Crippen MR) is 145 cm³/mol. The highest BCUT2D eigenvalue weighted by molar-refractivity contribution is 5.62. The summed E-state index contributed by atoms with van der Waals surface area (Å²) in [5.41, 5.74) is 6.66. The molecule has 1 unspecified atom stereocenters. The predicted octanol–water partition coefficient (Wildman–Crippen LogP) is 8.34. The van der Waals surface area contributed by atoms with Crippen LogP contribution < -0.4 is 10.6 Å². The van der Waals surface area contributed by atoms with Crippen molar-refractivity contribution >= 4 is 23.1 Å². The molecule has 4 aromatic rings. The van der Waals surface area contributed by atoms with Crippen molar-refractivity contribution < 1.29 is 0 Å². The van der Waals surface area contributed by atoms with E-state index in [1.54, 1.807) is 0 Å². The molecule has 0 spiro atoms. The van der Waals surface area contributed by atoms with Gasteiger partial charge in [0.1, 0.15) is 0 Å². The van der Waals surface area contributed by atoms with Gasteiger partial charge < -0.3 is 10.6 Å². The van der Waals surface area contributed by atoms with E-state index in [1.165, 1.54) is 11.1 Å². The minimum atomic E-state index is -0.205. The van der Waals surface area contributed by atoms with E-state index >= 15 is 0 Å².